The van der Waals surface area contributed by atoms with Gasteiger partial charge in [-0.05, 0) is 42.7 Å². The Kier molecular flexibility index (Phi) is 7.22. The van der Waals surface area contributed by atoms with E-state index in [0.717, 1.165) is 36.2 Å². The van der Waals surface area contributed by atoms with Crippen molar-refractivity contribution in [1.82, 2.24) is 15.1 Å². The summed E-state index contributed by atoms with van der Waals surface area (Å²) in [6.45, 7) is 7.25. The van der Waals surface area contributed by atoms with Crippen molar-refractivity contribution in [2.45, 2.75) is 38.7 Å². The molecule has 0 spiro atoms. The number of rotatable bonds is 8. The quantitative estimate of drug-likeness (QED) is 0.585. The first-order chi connectivity index (χ1) is 8.60. The zero-order valence-electron chi connectivity index (χ0n) is 11.2. The minimum Gasteiger partial charge on any atom is -0.383 e. The lowest BCUT2D eigenvalue weighted by Crippen LogP contribution is -2.21. The van der Waals surface area contributed by atoms with Gasteiger partial charge in [-0.15, -0.1) is 11.6 Å². The highest BCUT2D eigenvalue weighted by atomic mass is 79.9. The van der Waals surface area contributed by atoms with Gasteiger partial charge in [-0.1, -0.05) is 0 Å². The summed E-state index contributed by atoms with van der Waals surface area (Å²) < 4.78 is 8.10. The molecule has 6 heteroatoms. The molecule has 1 atom stereocenters. The van der Waals surface area contributed by atoms with Crippen LogP contribution >= 0.6 is 27.5 Å². The third-order valence-electron chi connectivity index (χ3n) is 2.73. The van der Waals surface area contributed by atoms with Gasteiger partial charge in [-0.3, -0.25) is 4.68 Å². The van der Waals surface area contributed by atoms with Gasteiger partial charge < -0.3 is 10.1 Å². The summed E-state index contributed by atoms with van der Waals surface area (Å²) in [6, 6.07) is 0. The summed E-state index contributed by atoms with van der Waals surface area (Å²) in [6.07, 6.45) is 0.895. The minimum absolute atomic E-state index is 0.0729. The number of nitrogens with one attached hydrogen (secondary N) is 1. The van der Waals surface area contributed by atoms with Gasteiger partial charge >= 0.3 is 0 Å². The van der Waals surface area contributed by atoms with Crippen LogP contribution in [-0.2, 0) is 17.8 Å². The monoisotopic (exact) mass is 337 g/mol. The van der Waals surface area contributed by atoms with Crippen LogP contribution in [0.5, 0.6) is 0 Å². The lowest BCUT2D eigenvalue weighted by atomic mass is 10.3. The molecule has 104 valence electrons. The lowest BCUT2D eigenvalue weighted by molar-refractivity contribution is 0.195. The Morgan fingerprint density at radius 2 is 2.28 bits per heavy atom. The van der Waals surface area contributed by atoms with E-state index in [0.29, 0.717) is 6.61 Å². The van der Waals surface area contributed by atoms with Crippen LogP contribution in [0.2, 0.25) is 0 Å². The molecule has 1 N–H and O–H groups in total. The Morgan fingerprint density at radius 3 is 2.89 bits per heavy atom. The molecule has 1 heterocycles. The van der Waals surface area contributed by atoms with E-state index < -0.39 is 0 Å². The van der Waals surface area contributed by atoms with Crippen LogP contribution in [-0.4, -0.2) is 35.4 Å². The van der Waals surface area contributed by atoms with Crippen molar-refractivity contribution in [3.05, 3.63) is 15.9 Å². The second-order valence-corrected chi connectivity index (χ2v) is 5.59. The smallest absolute Gasteiger partial charge is 0.0739 e. The first-order valence-electron chi connectivity index (χ1n) is 6.15. The molecule has 18 heavy (non-hydrogen) atoms. The molecule has 0 aliphatic rings. The van der Waals surface area contributed by atoms with E-state index in [2.05, 4.69) is 33.3 Å². The Hall–Kier alpha value is -0.100. The molecule has 0 fully saturated rings. The van der Waals surface area contributed by atoms with Crippen molar-refractivity contribution >= 4 is 27.5 Å². The molecule has 1 aromatic heterocycles. The molecule has 1 aromatic rings. The van der Waals surface area contributed by atoms with E-state index >= 15 is 0 Å². The molecule has 0 saturated heterocycles. The second kappa shape index (κ2) is 8.15. The molecular formula is C12H21BrClN3O. The van der Waals surface area contributed by atoms with Crippen molar-refractivity contribution in [3.63, 3.8) is 0 Å². The van der Waals surface area contributed by atoms with Gasteiger partial charge in [0.2, 0.25) is 0 Å². The van der Waals surface area contributed by atoms with Crippen molar-refractivity contribution in [1.29, 1.82) is 0 Å². The summed E-state index contributed by atoms with van der Waals surface area (Å²) in [5.41, 5.74) is 2.22. The average molecular weight is 339 g/mol. The van der Waals surface area contributed by atoms with E-state index in [-0.39, 0.29) is 5.38 Å². The standard InChI is InChI=1S/C12H21BrClN3O/c1-4-17-11(12(13)9(2)16-17)7-15-6-5-10(14)8-18-3/h10,15H,4-8H2,1-3H3. The largest absolute Gasteiger partial charge is 0.383 e. The van der Waals surface area contributed by atoms with Gasteiger partial charge in [0.15, 0.2) is 0 Å². The topological polar surface area (TPSA) is 39.1 Å². The van der Waals surface area contributed by atoms with E-state index in [1.54, 1.807) is 7.11 Å². The molecule has 0 aliphatic heterocycles. The first-order valence-corrected chi connectivity index (χ1v) is 7.38. The van der Waals surface area contributed by atoms with Gasteiger partial charge in [-0.25, -0.2) is 0 Å². The third-order valence-corrected chi connectivity index (χ3v) is 4.10. The normalized spacial score (nSPS) is 12.9. The average Bonchev–Trinajstić information content (AvgIpc) is 2.62. The number of hydrogen-bond acceptors (Lipinski definition) is 3. The third kappa shape index (κ3) is 4.53. The maximum absolute atomic E-state index is 6.06. The number of halogens is 2. The Morgan fingerprint density at radius 1 is 1.56 bits per heavy atom. The SMILES string of the molecule is CCn1nc(C)c(Br)c1CNCCC(Cl)COC. The van der Waals surface area contributed by atoms with Gasteiger partial charge in [0.25, 0.3) is 0 Å². The summed E-state index contributed by atoms with van der Waals surface area (Å²) in [7, 11) is 1.67. The molecular weight excluding hydrogens is 318 g/mol. The number of aromatic nitrogens is 2. The highest BCUT2D eigenvalue weighted by molar-refractivity contribution is 9.10. The highest BCUT2D eigenvalue weighted by Gasteiger charge is 2.11. The molecule has 1 unspecified atom stereocenters. The molecule has 0 radical (unpaired) electrons. The molecule has 0 bridgehead atoms. The first kappa shape index (κ1) is 16.0. The van der Waals surface area contributed by atoms with E-state index in [4.69, 9.17) is 16.3 Å². The fourth-order valence-electron chi connectivity index (χ4n) is 1.77. The molecule has 0 aromatic carbocycles. The molecule has 1 rings (SSSR count). The number of ether oxygens (including phenoxy) is 1. The minimum atomic E-state index is 0.0729. The predicted octanol–water partition coefficient (Wildman–Crippen LogP) is 2.71. The number of nitrogens with zero attached hydrogens (tertiary/aromatic N) is 2. The van der Waals surface area contributed by atoms with Gasteiger partial charge in [-0.2, -0.15) is 5.10 Å². The Balaban J connectivity index is 2.39. The number of aryl methyl sites for hydroxylation is 2. The van der Waals surface area contributed by atoms with Crippen LogP contribution in [0.3, 0.4) is 0 Å². The van der Waals surface area contributed by atoms with Crippen LogP contribution in [0.25, 0.3) is 0 Å². The summed E-state index contributed by atoms with van der Waals surface area (Å²) in [5, 5.41) is 7.92. The summed E-state index contributed by atoms with van der Waals surface area (Å²) >= 11 is 9.64. The fraction of sp³-hybridized carbons (Fsp3) is 0.750. The number of alkyl halides is 1. The zero-order valence-corrected chi connectivity index (χ0v) is 13.5. The van der Waals surface area contributed by atoms with E-state index in [9.17, 15) is 0 Å². The molecule has 4 nitrogen and oxygen atoms in total. The Labute approximate surface area is 122 Å². The summed E-state index contributed by atoms with van der Waals surface area (Å²) in [4.78, 5) is 0. The van der Waals surface area contributed by atoms with Crippen LogP contribution in [0.1, 0.15) is 24.7 Å². The Bertz CT molecular complexity index is 370. The highest BCUT2D eigenvalue weighted by Crippen LogP contribution is 2.20. The molecule has 0 amide bonds. The lowest BCUT2D eigenvalue weighted by Gasteiger charge is -2.10. The molecule has 0 saturated carbocycles. The maximum atomic E-state index is 6.06. The van der Waals surface area contributed by atoms with Crippen LogP contribution in [0.15, 0.2) is 4.47 Å². The van der Waals surface area contributed by atoms with Gasteiger partial charge in [0.1, 0.15) is 0 Å². The number of methoxy groups -OCH3 is 1. The van der Waals surface area contributed by atoms with Crippen molar-refractivity contribution < 1.29 is 4.74 Å². The van der Waals surface area contributed by atoms with Crippen LogP contribution in [0.4, 0.5) is 0 Å². The summed E-state index contributed by atoms with van der Waals surface area (Å²) in [5.74, 6) is 0. The fourth-order valence-corrected chi connectivity index (χ4v) is 2.43. The second-order valence-electron chi connectivity index (χ2n) is 4.18. The van der Waals surface area contributed by atoms with Crippen molar-refractivity contribution in [2.75, 3.05) is 20.3 Å². The molecule has 0 aliphatic carbocycles. The van der Waals surface area contributed by atoms with Crippen LogP contribution in [0, 0.1) is 6.92 Å². The zero-order chi connectivity index (χ0) is 13.5. The van der Waals surface area contributed by atoms with Crippen LogP contribution < -0.4 is 5.32 Å². The number of hydrogen-bond donors (Lipinski definition) is 1. The van der Waals surface area contributed by atoms with E-state index in [1.807, 2.05) is 11.6 Å². The van der Waals surface area contributed by atoms with Crippen molar-refractivity contribution in [3.8, 4) is 0 Å². The maximum Gasteiger partial charge on any atom is 0.0739 e. The van der Waals surface area contributed by atoms with Gasteiger partial charge in [0, 0.05) is 20.2 Å². The van der Waals surface area contributed by atoms with E-state index in [1.165, 1.54) is 5.69 Å². The predicted molar refractivity (Wildman–Crippen MR) is 78.2 cm³/mol. The van der Waals surface area contributed by atoms with Gasteiger partial charge in [0.05, 0.1) is 27.8 Å². The van der Waals surface area contributed by atoms with Crippen molar-refractivity contribution in [2.24, 2.45) is 0 Å².